The molecule has 15 heavy (non-hydrogen) atoms. The van der Waals surface area contributed by atoms with Crippen LogP contribution in [0.4, 0.5) is 0 Å². The molecule has 0 bridgehead atoms. The zero-order valence-corrected chi connectivity index (χ0v) is 8.85. The average molecular weight is 208 g/mol. The summed E-state index contributed by atoms with van der Waals surface area (Å²) in [5, 5.41) is 9.10. The van der Waals surface area contributed by atoms with Crippen LogP contribution in [0.3, 0.4) is 0 Å². The lowest BCUT2D eigenvalue weighted by molar-refractivity contribution is 0.120. The van der Waals surface area contributed by atoms with Crippen molar-refractivity contribution in [1.29, 1.82) is 0 Å². The van der Waals surface area contributed by atoms with Crippen LogP contribution in [-0.4, -0.2) is 24.4 Å². The third kappa shape index (κ3) is 4.04. The van der Waals surface area contributed by atoms with Gasteiger partial charge in [-0.25, -0.2) is 0 Å². The van der Waals surface area contributed by atoms with Crippen molar-refractivity contribution in [3.05, 3.63) is 36.9 Å². The third-order valence-corrected chi connectivity index (χ3v) is 1.69. The summed E-state index contributed by atoms with van der Waals surface area (Å²) in [5.74, 6) is 1.30. The molecule has 1 rings (SSSR count). The van der Waals surface area contributed by atoms with E-state index in [2.05, 4.69) is 6.58 Å². The molecule has 0 aliphatic carbocycles. The van der Waals surface area contributed by atoms with E-state index in [1.807, 2.05) is 18.2 Å². The lowest BCUT2D eigenvalue weighted by Gasteiger charge is -2.12. The van der Waals surface area contributed by atoms with E-state index < -0.39 is 6.10 Å². The standard InChI is InChI=1S/C12H16O3/c1-3-8-14-11-6-4-5-7-12(11)15-9-10(2)13/h3-7,10,13H,1,8-9H2,2H3. The van der Waals surface area contributed by atoms with E-state index in [4.69, 9.17) is 14.6 Å². The van der Waals surface area contributed by atoms with Crippen molar-refractivity contribution < 1.29 is 14.6 Å². The first kappa shape index (κ1) is 11.6. The number of aliphatic hydroxyl groups is 1. The van der Waals surface area contributed by atoms with E-state index in [9.17, 15) is 0 Å². The Bertz CT molecular complexity index is 307. The molecule has 1 N–H and O–H groups in total. The van der Waals surface area contributed by atoms with Crippen LogP contribution in [0.2, 0.25) is 0 Å². The summed E-state index contributed by atoms with van der Waals surface area (Å²) in [6.07, 6.45) is 1.18. The van der Waals surface area contributed by atoms with Gasteiger partial charge in [-0.1, -0.05) is 24.8 Å². The monoisotopic (exact) mass is 208 g/mol. The van der Waals surface area contributed by atoms with Crippen LogP contribution in [0.1, 0.15) is 6.92 Å². The normalized spacial score (nSPS) is 11.9. The Hall–Kier alpha value is -1.48. The molecule has 0 saturated heterocycles. The van der Waals surface area contributed by atoms with Crippen LogP contribution in [0.25, 0.3) is 0 Å². The fraction of sp³-hybridized carbons (Fsp3) is 0.333. The number of para-hydroxylation sites is 2. The second-order valence-electron chi connectivity index (χ2n) is 3.21. The topological polar surface area (TPSA) is 38.7 Å². The molecule has 1 atom stereocenters. The maximum Gasteiger partial charge on any atom is 0.161 e. The molecule has 82 valence electrons. The molecule has 0 aromatic heterocycles. The van der Waals surface area contributed by atoms with E-state index in [1.54, 1.807) is 19.1 Å². The fourth-order valence-electron chi connectivity index (χ4n) is 1.05. The SMILES string of the molecule is C=CCOc1ccccc1OCC(C)O. The van der Waals surface area contributed by atoms with E-state index in [0.29, 0.717) is 18.1 Å². The van der Waals surface area contributed by atoms with Crippen LogP contribution in [0.5, 0.6) is 11.5 Å². The van der Waals surface area contributed by atoms with Gasteiger partial charge in [-0.2, -0.15) is 0 Å². The molecule has 3 nitrogen and oxygen atoms in total. The van der Waals surface area contributed by atoms with Crippen LogP contribution in [0.15, 0.2) is 36.9 Å². The van der Waals surface area contributed by atoms with Crippen LogP contribution in [0, 0.1) is 0 Å². The first-order valence-electron chi connectivity index (χ1n) is 4.87. The summed E-state index contributed by atoms with van der Waals surface area (Å²) in [6.45, 7) is 5.95. The molecule has 0 aliphatic rings. The van der Waals surface area contributed by atoms with Gasteiger partial charge < -0.3 is 14.6 Å². The van der Waals surface area contributed by atoms with Gasteiger partial charge in [0.15, 0.2) is 11.5 Å². The van der Waals surface area contributed by atoms with Gasteiger partial charge in [-0.3, -0.25) is 0 Å². The Balaban J connectivity index is 2.63. The zero-order valence-electron chi connectivity index (χ0n) is 8.85. The second-order valence-corrected chi connectivity index (χ2v) is 3.21. The van der Waals surface area contributed by atoms with Gasteiger partial charge in [0, 0.05) is 0 Å². The molecule has 3 heteroatoms. The highest BCUT2D eigenvalue weighted by Crippen LogP contribution is 2.26. The second kappa shape index (κ2) is 6.09. The van der Waals surface area contributed by atoms with Crippen molar-refractivity contribution >= 4 is 0 Å². The summed E-state index contributed by atoms with van der Waals surface area (Å²) in [4.78, 5) is 0. The lowest BCUT2D eigenvalue weighted by atomic mass is 10.3. The van der Waals surface area contributed by atoms with Gasteiger partial charge in [0.25, 0.3) is 0 Å². The summed E-state index contributed by atoms with van der Waals surface area (Å²) >= 11 is 0. The maximum atomic E-state index is 9.10. The van der Waals surface area contributed by atoms with Crippen molar-refractivity contribution in [3.63, 3.8) is 0 Å². The Kier molecular flexibility index (Phi) is 4.71. The largest absolute Gasteiger partial charge is 0.487 e. The van der Waals surface area contributed by atoms with E-state index in [1.165, 1.54) is 0 Å². The van der Waals surface area contributed by atoms with Gasteiger partial charge in [-0.05, 0) is 19.1 Å². The van der Waals surface area contributed by atoms with Gasteiger partial charge in [0.2, 0.25) is 0 Å². The zero-order chi connectivity index (χ0) is 11.1. The molecule has 1 aromatic rings. The van der Waals surface area contributed by atoms with E-state index >= 15 is 0 Å². The third-order valence-electron chi connectivity index (χ3n) is 1.69. The first-order chi connectivity index (χ1) is 7.24. The minimum atomic E-state index is -0.488. The highest BCUT2D eigenvalue weighted by molar-refractivity contribution is 5.39. The summed E-state index contributed by atoms with van der Waals surface area (Å²) in [5.41, 5.74) is 0. The van der Waals surface area contributed by atoms with Crippen LogP contribution < -0.4 is 9.47 Å². The smallest absolute Gasteiger partial charge is 0.161 e. The Morgan fingerprint density at radius 3 is 2.47 bits per heavy atom. The molecular weight excluding hydrogens is 192 g/mol. The van der Waals surface area contributed by atoms with Gasteiger partial charge in [0.1, 0.15) is 13.2 Å². The number of benzene rings is 1. The molecule has 1 aromatic carbocycles. The van der Waals surface area contributed by atoms with Gasteiger partial charge >= 0.3 is 0 Å². The molecule has 0 saturated carbocycles. The van der Waals surface area contributed by atoms with Crippen molar-refractivity contribution in [2.45, 2.75) is 13.0 Å². The number of hydrogen-bond acceptors (Lipinski definition) is 3. The molecule has 0 spiro atoms. The summed E-state index contributed by atoms with van der Waals surface area (Å²) < 4.78 is 10.8. The lowest BCUT2D eigenvalue weighted by Crippen LogP contribution is -2.13. The molecule has 1 unspecified atom stereocenters. The van der Waals surface area contributed by atoms with E-state index in [0.717, 1.165) is 0 Å². The summed E-state index contributed by atoms with van der Waals surface area (Å²) in [6, 6.07) is 7.35. The molecular formula is C12H16O3. The number of ether oxygens (including phenoxy) is 2. The summed E-state index contributed by atoms with van der Waals surface area (Å²) in [7, 11) is 0. The minimum absolute atomic E-state index is 0.258. The number of rotatable bonds is 6. The number of aliphatic hydroxyl groups excluding tert-OH is 1. The number of hydrogen-bond donors (Lipinski definition) is 1. The Morgan fingerprint density at radius 2 is 1.93 bits per heavy atom. The van der Waals surface area contributed by atoms with Gasteiger partial charge in [-0.15, -0.1) is 0 Å². The van der Waals surface area contributed by atoms with Crippen molar-refractivity contribution in [2.24, 2.45) is 0 Å². The predicted octanol–water partition coefficient (Wildman–Crippen LogP) is 2.01. The van der Waals surface area contributed by atoms with E-state index in [-0.39, 0.29) is 6.61 Å². The molecule has 0 radical (unpaired) electrons. The van der Waals surface area contributed by atoms with Crippen molar-refractivity contribution in [2.75, 3.05) is 13.2 Å². The Morgan fingerprint density at radius 1 is 1.33 bits per heavy atom. The van der Waals surface area contributed by atoms with Crippen LogP contribution in [-0.2, 0) is 0 Å². The average Bonchev–Trinajstić information content (AvgIpc) is 2.24. The molecule has 0 aliphatic heterocycles. The van der Waals surface area contributed by atoms with Crippen molar-refractivity contribution in [1.82, 2.24) is 0 Å². The van der Waals surface area contributed by atoms with Crippen LogP contribution >= 0.6 is 0 Å². The predicted molar refractivity (Wildman–Crippen MR) is 59.3 cm³/mol. The minimum Gasteiger partial charge on any atom is -0.487 e. The highest BCUT2D eigenvalue weighted by atomic mass is 16.5. The maximum absolute atomic E-state index is 9.10. The fourth-order valence-corrected chi connectivity index (χ4v) is 1.05. The Labute approximate surface area is 90.0 Å². The molecule has 0 heterocycles. The quantitative estimate of drug-likeness (QED) is 0.727. The molecule has 0 amide bonds. The van der Waals surface area contributed by atoms with Crippen molar-refractivity contribution in [3.8, 4) is 11.5 Å². The first-order valence-corrected chi connectivity index (χ1v) is 4.87. The highest BCUT2D eigenvalue weighted by Gasteiger charge is 2.04. The van der Waals surface area contributed by atoms with Gasteiger partial charge in [0.05, 0.1) is 6.10 Å². The molecule has 0 fully saturated rings.